The van der Waals surface area contributed by atoms with E-state index in [1.165, 1.54) is 6.07 Å². The molecule has 0 aliphatic rings. The van der Waals surface area contributed by atoms with Crippen LogP contribution in [0.5, 0.6) is 5.75 Å². The lowest BCUT2D eigenvalue weighted by Crippen LogP contribution is -2.42. The molecule has 1 atom stereocenters. The lowest BCUT2D eigenvalue weighted by molar-refractivity contribution is -0.136. The zero-order valence-corrected chi connectivity index (χ0v) is 18.5. The van der Waals surface area contributed by atoms with E-state index in [0.29, 0.717) is 17.6 Å². The number of benzene rings is 2. The lowest BCUT2D eigenvalue weighted by Gasteiger charge is -2.17. The minimum absolute atomic E-state index is 0.0983. The van der Waals surface area contributed by atoms with Crippen LogP contribution in [0.15, 0.2) is 57.7 Å². The number of hydrogen-bond acceptors (Lipinski definition) is 6. The number of carbonyl (C=O) groups excluding carboxylic acids is 2. The van der Waals surface area contributed by atoms with Crippen LogP contribution in [0.4, 0.5) is 4.79 Å². The predicted octanol–water partition coefficient (Wildman–Crippen LogP) is 4.66. The van der Waals surface area contributed by atoms with Gasteiger partial charge in [0.15, 0.2) is 0 Å². The van der Waals surface area contributed by atoms with E-state index in [-0.39, 0.29) is 12.4 Å². The summed E-state index contributed by atoms with van der Waals surface area (Å²) in [6.07, 6.45) is 1.25. The highest BCUT2D eigenvalue weighted by Crippen LogP contribution is 2.29. The first kappa shape index (κ1) is 23.1. The van der Waals surface area contributed by atoms with Crippen LogP contribution < -0.4 is 15.7 Å². The minimum atomic E-state index is -0.883. The predicted molar refractivity (Wildman–Crippen MR) is 121 cm³/mol. The number of carbonyl (C=O) groups is 2. The van der Waals surface area contributed by atoms with Gasteiger partial charge in [0, 0.05) is 17.0 Å². The Kier molecular flexibility index (Phi) is 7.65. The third-order valence-corrected chi connectivity index (χ3v) is 5.12. The van der Waals surface area contributed by atoms with Gasteiger partial charge in [0.05, 0.1) is 0 Å². The molecule has 2 aromatic carbocycles. The molecular weight excluding hydrogens is 410 g/mol. The van der Waals surface area contributed by atoms with Crippen LogP contribution in [0.1, 0.15) is 43.4 Å². The van der Waals surface area contributed by atoms with Crippen molar-refractivity contribution < 1.29 is 23.5 Å². The first-order valence-corrected chi connectivity index (χ1v) is 10.7. The van der Waals surface area contributed by atoms with Gasteiger partial charge in [-0.3, -0.25) is 0 Å². The zero-order chi connectivity index (χ0) is 23.1. The third-order valence-electron chi connectivity index (χ3n) is 5.12. The van der Waals surface area contributed by atoms with Gasteiger partial charge in [0.2, 0.25) is 0 Å². The summed E-state index contributed by atoms with van der Waals surface area (Å²) in [5.41, 5.74) is 2.24. The number of hydrogen-bond donors (Lipinski definition) is 1. The van der Waals surface area contributed by atoms with Gasteiger partial charge in [-0.05, 0) is 43.0 Å². The van der Waals surface area contributed by atoms with Crippen molar-refractivity contribution in [2.24, 2.45) is 0 Å². The van der Waals surface area contributed by atoms with Crippen molar-refractivity contribution in [1.29, 1.82) is 0 Å². The maximum atomic E-state index is 12.7. The molecule has 0 aliphatic carbocycles. The number of amides is 1. The van der Waals surface area contributed by atoms with Gasteiger partial charge >= 0.3 is 17.7 Å². The summed E-state index contributed by atoms with van der Waals surface area (Å²) in [6, 6.07) is 13.3. The highest BCUT2D eigenvalue weighted by atomic mass is 16.6. The van der Waals surface area contributed by atoms with E-state index < -0.39 is 23.7 Å². The van der Waals surface area contributed by atoms with Crippen LogP contribution in [0.2, 0.25) is 0 Å². The van der Waals surface area contributed by atoms with Gasteiger partial charge < -0.3 is 19.2 Å². The fraction of sp³-hybridized carbons (Fsp3) is 0.320. The monoisotopic (exact) mass is 437 g/mol. The minimum Gasteiger partial charge on any atom is -0.445 e. The highest BCUT2D eigenvalue weighted by Gasteiger charge is 2.23. The normalized spacial score (nSPS) is 11.7. The summed E-state index contributed by atoms with van der Waals surface area (Å²) in [5.74, 6) is -0.351. The summed E-state index contributed by atoms with van der Waals surface area (Å²) in [5, 5.41) is 3.36. The van der Waals surface area contributed by atoms with E-state index in [0.717, 1.165) is 29.4 Å². The van der Waals surface area contributed by atoms with E-state index >= 15 is 0 Å². The van der Waals surface area contributed by atoms with E-state index in [4.69, 9.17) is 13.9 Å². The largest absolute Gasteiger partial charge is 0.445 e. The first-order valence-electron chi connectivity index (χ1n) is 10.7. The molecule has 7 heteroatoms. The summed E-state index contributed by atoms with van der Waals surface area (Å²) < 4.78 is 16.1. The topological polar surface area (TPSA) is 94.8 Å². The second-order valence-corrected chi connectivity index (χ2v) is 7.49. The Hall–Kier alpha value is -3.61. The summed E-state index contributed by atoms with van der Waals surface area (Å²) in [7, 11) is 0. The molecule has 3 rings (SSSR count). The molecule has 0 radical (unpaired) electrons. The van der Waals surface area contributed by atoms with E-state index in [1.54, 1.807) is 26.0 Å². The van der Waals surface area contributed by atoms with Crippen molar-refractivity contribution in [3.05, 3.63) is 75.6 Å². The molecule has 1 heterocycles. The maximum Gasteiger partial charge on any atom is 0.408 e. The van der Waals surface area contributed by atoms with Crippen LogP contribution in [0.3, 0.4) is 0 Å². The van der Waals surface area contributed by atoms with Crippen molar-refractivity contribution >= 4 is 23.0 Å². The van der Waals surface area contributed by atoms with E-state index in [2.05, 4.69) is 5.32 Å². The number of fused-ring (bicyclic) bond motifs is 1. The van der Waals surface area contributed by atoms with Crippen molar-refractivity contribution in [3.8, 4) is 5.75 Å². The van der Waals surface area contributed by atoms with Crippen LogP contribution in [-0.2, 0) is 22.6 Å². The van der Waals surface area contributed by atoms with Crippen LogP contribution in [-0.4, -0.2) is 18.1 Å². The standard InChI is InChI=1S/C25H27NO6/c1-4-9-18-14-22(27)32-23-16(3)21(13-12-19(18)23)31-24(28)20(5-2)26-25(29)30-15-17-10-7-6-8-11-17/h6-8,10-14,20H,4-5,9,15H2,1-3H3,(H,26,29)/t20-/m1/s1. The van der Waals surface area contributed by atoms with E-state index in [9.17, 15) is 14.4 Å². The average Bonchev–Trinajstić information content (AvgIpc) is 2.79. The van der Waals surface area contributed by atoms with Gasteiger partial charge in [-0.1, -0.05) is 50.6 Å². The average molecular weight is 437 g/mol. The quantitative estimate of drug-likeness (QED) is 0.313. The van der Waals surface area contributed by atoms with Gasteiger partial charge in [-0.2, -0.15) is 0 Å². The Balaban J connectivity index is 1.71. The number of nitrogens with one attached hydrogen (secondary N) is 1. The van der Waals surface area contributed by atoms with Crippen molar-refractivity contribution in [2.75, 3.05) is 0 Å². The van der Waals surface area contributed by atoms with Gasteiger partial charge in [-0.15, -0.1) is 0 Å². The van der Waals surface area contributed by atoms with Gasteiger partial charge in [0.1, 0.15) is 24.0 Å². The number of alkyl carbamates (subject to hydrolysis) is 1. The Morgan fingerprint density at radius 3 is 2.53 bits per heavy atom. The SMILES string of the molecule is CCCc1cc(=O)oc2c(C)c(OC(=O)[C@@H](CC)NC(=O)OCc3ccccc3)ccc12. The fourth-order valence-electron chi connectivity index (χ4n) is 3.41. The molecule has 0 saturated heterocycles. The van der Waals surface area contributed by atoms with Gasteiger partial charge in [0.25, 0.3) is 0 Å². The molecule has 0 unspecified atom stereocenters. The van der Waals surface area contributed by atoms with Crippen LogP contribution in [0.25, 0.3) is 11.0 Å². The fourth-order valence-corrected chi connectivity index (χ4v) is 3.41. The van der Waals surface area contributed by atoms with Crippen molar-refractivity contribution in [2.45, 2.75) is 52.7 Å². The van der Waals surface area contributed by atoms with Crippen molar-refractivity contribution in [3.63, 3.8) is 0 Å². The number of aryl methyl sites for hydroxylation is 2. The summed E-state index contributed by atoms with van der Waals surface area (Å²) in [6.45, 7) is 5.62. The Morgan fingerprint density at radius 2 is 1.84 bits per heavy atom. The zero-order valence-electron chi connectivity index (χ0n) is 18.5. The second kappa shape index (κ2) is 10.6. The Bertz CT molecular complexity index is 1150. The molecule has 1 amide bonds. The molecule has 0 aliphatic heterocycles. The third kappa shape index (κ3) is 5.55. The summed E-state index contributed by atoms with van der Waals surface area (Å²) in [4.78, 5) is 36.8. The molecule has 0 fully saturated rings. The number of esters is 1. The molecule has 32 heavy (non-hydrogen) atoms. The van der Waals surface area contributed by atoms with E-state index in [1.807, 2.05) is 37.3 Å². The summed E-state index contributed by atoms with van der Waals surface area (Å²) >= 11 is 0. The molecule has 7 nitrogen and oxygen atoms in total. The molecular formula is C25H27NO6. The maximum absolute atomic E-state index is 12.7. The highest BCUT2D eigenvalue weighted by molar-refractivity contribution is 5.87. The number of rotatable bonds is 8. The smallest absolute Gasteiger partial charge is 0.408 e. The second-order valence-electron chi connectivity index (χ2n) is 7.49. The molecule has 0 saturated carbocycles. The van der Waals surface area contributed by atoms with Crippen LogP contribution >= 0.6 is 0 Å². The molecule has 1 aromatic heterocycles. The molecule has 1 N–H and O–H groups in total. The number of ether oxygens (including phenoxy) is 2. The Labute approximate surface area is 186 Å². The first-order chi connectivity index (χ1) is 15.4. The molecule has 168 valence electrons. The molecule has 0 spiro atoms. The Morgan fingerprint density at radius 1 is 1.09 bits per heavy atom. The van der Waals surface area contributed by atoms with Crippen molar-refractivity contribution in [1.82, 2.24) is 5.32 Å². The van der Waals surface area contributed by atoms with Gasteiger partial charge in [-0.25, -0.2) is 14.4 Å². The van der Waals surface area contributed by atoms with Crippen LogP contribution in [0, 0.1) is 6.92 Å². The molecule has 3 aromatic rings. The lowest BCUT2D eigenvalue weighted by atomic mass is 10.0. The molecule has 0 bridgehead atoms.